The van der Waals surface area contributed by atoms with Crippen molar-refractivity contribution in [3.63, 3.8) is 0 Å². The second kappa shape index (κ2) is 10.6. The van der Waals surface area contributed by atoms with Crippen molar-refractivity contribution in [1.29, 1.82) is 0 Å². The van der Waals surface area contributed by atoms with Crippen LogP contribution in [0.2, 0.25) is 0 Å². The van der Waals surface area contributed by atoms with E-state index in [1.807, 2.05) is 0 Å². The van der Waals surface area contributed by atoms with E-state index in [-0.39, 0.29) is 5.41 Å². The fourth-order valence-electron chi connectivity index (χ4n) is 10.1. The predicted molar refractivity (Wildman–Crippen MR) is 219 cm³/mol. The number of benzene rings is 9. The van der Waals surface area contributed by atoms with Gasteiger partial charge in [0.25, 0.3) is 0 Å². The molecular formula is C52H36. The summed E-state index contributed by atoms with van der Waals surface area (Å²) < 4.78 is 0. The summed E-state index contributed by atoms with van der Waals surface area (Å²) in [6.45, 7) is 4.81. The van der Waals surface area contributed by atoms with Crippen LogP contribution in [0.4, 0.5) is 0 Å². The summed E-state index contributed by atoms with van der Waals surface area (Å²) in [5.74, 6) is 0. The third-order valence-electron chi connectivity index (χ3n) is 12.3. The van der Waals surface area contributed by atoms with Crippen molar-refractivity contribution in [3.05, 3.63) is 215 Å². The second-order valence-electron chi connectivity index (χ2n) is 15.2. The summed E-state index contributed by atoms with van der Waals surface area (Å²) in [6, 6.07) is 68.7. The second-order valence-corrected chi connectivity index (χ2v) is 15.2. The van der Waals surface area contributed by atoms with Crippen LogP contribution in [-0.2, 0) is 10.8 Å². The molecule has 52 heavy (non-hydrogen) atoms. The minimum atomic E-state index is -0.517. The van der Waals surface area contributed by atoms with Gasteiger partial charge in [0.2, 0.25) is 0 Å². The quantitative estimate of drug-likeness (QED) is 0.173. The molecule has 9 aromatic carbocycles. The molecule has 0 radical (unpaired) electrons. The Morgan fingerprint density at radius 2 is 0.808 bits per heavy atom. The van der Waals surface area contributed by atoms with Crippen molar-refractivity contribution < 1.29 is 0 Å². The molecule has 1 spiro atoms. The zero-order valence-electron chi connectivity index (χ0n) is 29.3. The van der Waals surface area contributed by atoms with Crippen LogP contribution in [0.15, 0.2) is 182 Å². The molecular weight excluding hydrogens is 625 g/mol. The molecule has 0 saturated heterocycles. The van der Waals surface area contributed by atoms with Gasteiger partial charge in [-0.15, -0.1) is 0 Å². The van der Waals surface area contributed by atoms with Crippen LogP contribution < -0.4 is 0 Å². The SMILES string of the molecule is CC1(C)c2ccccc2C2(c3cc(-c4cccc5ccccc45)ccc3-c3c2cc(-c2cccc4ccccc24)c2ccccc32)c2ccccc21. The van der Waals surface area contributed by atoms with Gasteiger partial charge in [-0.05, 0) is 111 Å². The molecule has 0 N–H and O–H groups in total. The molecule has 0 aromatic heterocycles. The Bertz CT molecular complexity index is 2880. The molecule has 2 aliphatic carbocycles. The highest BCUT2D eigenvalue weighted by Gasteiger charge is 2.54. The van der Waals surface area contributed by atoms with E-state index in [0.29, 0.717) is 0 Å². The molecule has 0 amide bonds. The lowest BCUT2D eigenvalue weighted by Crippen LogP contribution is -2.40. The summed E-state index contributed by atoms with van der Waals surface area (Å²) in [7, 11) is 0. The third kappa shape index (κ3) is 3.77. The normalized spacial score (nSPS) is 14.7. The van der Waals surface area contributed by atoms with E-state index in [4.69, 9.17) is 0 Å². The average molecular weight is 661 g/mol. The molecule has 0 nitrogen and oxygen atoms in total. The Balaban J connectivity index is 1.34. The van der Waals surface area contributed by atoms with Crippen LogP contribution in [0, 0.1) is 0 Å². The number of rotatable bonds is 2. The molecule has 0 unspecified atom stereocenters. The fourth-order valence-corrected chi connectivity index (χ4v) is 10.1. The maximum Gasteiger partial charge on any atom is 0.0720 e. The van der Waals surface area contributed by atoms with Gasteiger partial charge in [0.15, 0.2) is 0 Å². The van der Waals surface area contributed by atoms with E-state index in [0.717, 1.165) is 0 Å². The van der Waals surface area contributed by atoms with Crippen molar-refractivity contribution in [2.75, 3.05) is 0 Å². The van der Waals surface area contributed by atoms with Crippen molar-refractivity contribution >= 4 is 32.3 Å². The summed E-state index contributed by atoms with van der Waals surface area (Å²) in [5, 5.41) is 7.68. The first kappa shape index (κ1) is 29.5. The van der Waals surface area contributed by atoms with Crippen LogP contribution in [0.3, 0.4) is 0 Å². The van der Waals surface area contributed by atoms with Crippen LogP contribution >= 0.6 is 0 Å². The lowest BCUT2D eigenvalue weighted by Gasteiger charge is -2.46. The molecule has 0 atom stereocenters. The highest BCUT2D eigenvalue weighted by Crippen LogP contribution is 2.64. The average Bonchev–Trinajstić information content (AvgIpc) is 3.49. The van der Waals surface area contributed by atoms with E-state index < -0.39 is 5.41 Å². The Kier molecular flexibility index (Phi) is 6.03. The molecule has 0 heteroatoms. The zero-order chi connectivity index (χ0) is 34.6. The van der Waals surface area contributed by atoms with Gasteiger partial charge in [-0.2, -0.15) is 0 Å². The Hall–Kier alpha value is -6.24. The van der Waals surface area contributed by atoms with Crippen molar-refractivity contribution in [3.8, 4) is 33.4 Å². The highest BCUT2D eigenvalue weighted by molar-refractivity contribution is 6.13. The Morgan fingerprint density at radius 3 is 1.46 bits per heavy atom. The van der Waals surface area contributed by atoms with Crippen LogP contribution in [0.5, 0.6) is 0 Å². The van der Waals surface area contributed by atoms with Gasteiger partial charge in [0, 0.05) is 5.41 Å². The summed E-state index contributed by atoms with van der Waals surface area (Å²) in [4.78, 5) is 0. The number of hydrogen-bond acceptors (Lipinski definition) is 0. The smallest absolute Gasteiger partial charge is 0.0619 e. The van der Waals surface area contributed by atoms with E-state index in [2.05, 4.69) is 196 Å². The van der Waals surface area contributed by atoms with Crippen LogP contribution in [-0.4, -0.2) is 0 Å². The molecule has 0 heterocycles. The van der Waals surface area contributed by atoms with E-state index >= 15 is 0 Å². The van der Waals surface area contributed by atoms with Gasteiger partial charge in [-0.3, -0.25) is 0 Å². The molecule has 0 aliphatic heterocycles. The first-order valence-corrected chi connectivity index (χ1v) is 18.4. The third-order valence-corrected chi connectivity index (χ3v) is 12.3. The molecule has 0 fully saturated rings. The van der Waals surface area contributed by atoms with Gasteiger partial charge in [0.1, 0.15) is 0 Å². The van der Waals surface area contributed by atoms with Gasteiger partial charge in [-0.25, -0.2) is 0 Å². The van der Waals surface area contributed by atoms with Crippen molar-refractivity contribution in [2.24, 2.45) is 0 Å². The molecule has 0 saturated carbocycles. The van der Waals surface area contributed by atoms with Gasteiger partial charge in [-0.1, -0.05) is 184 Å². The van der Waals surface area contributed by atoms with Crippen LogP contribution in [0.1, 0.15) is 47.2 Å². The maximum atomic E-state index is 2.57. The largest absolute Gasteiger partial charge is 0.0720 e. The highest BCUT2D eigenvalue weighted by atomic mass is 14.5. The van der Waals surface area contributed by atoms with Crippen LogP contribution in [0.25, 0.3) is 65.7 Å². The van der Waals surface area contributed by atoms with E-state index in [9.17, 15) is 0 Å². The minimum Gasteiger partial charge on any atom is -0.0619 e. The Morgan fingerprint density at radius 1 is 0.308 bits per heavy atom. The van der Waals surface area contributed by atoms with Crippen molar-refractivity contribution in [2.45, 2.75) is 24.7 Å². The van der Waals surface area contributed by atoms with Gasteiger partial charge >= 0.3 is 0 Å². The topological polar surface area (TPSA) is 0 Å². The lowest BCUT2D eigenvalue weighted by atomic mass is 9.55. The molecule has 244 valence electrons. The number of hydrogen-bond donors (Lipinski definition) is 0. The molecule has 2 aliphatic rings. The standard InChI is InChI=1S/C52H36/c1-51(2)44-25-9-11-27-46(44)52(47-28-12-10-26-45(47)51)48-31-35(38-23-13-17-33-15-3-5-19-36(33)38)29-30-42(48)50-41-22-8-7-21-40(41)43(32-49(50)52)39-24-14-18-34-16-4-6-20-37(34)39/h3-32H,1-2H3. The molecule has 0 bridgehead atoms. The lowest BCUT2D eigenvalue weighted by molar-refractivity contribution is 0.563. The molecule has 11 rings (SSSR count). The minimum absolute atomic E-state index is 0.163. The summed E-state index contributed by atoms with van der Waals surface area (Å²) in [6.07, 6.45) is 0. The zero-order valence-corrected chi connectivity index (χ0v) is 29.3. The van der Waals surface area contributed by atoms with E-state index in [1.165, 1.54) is 99.1 Å². The fraction of sp³-hybridized carbons (Fsp3) is 0.0769. The summed E-state index contributed by atoms with van der Waals surface area (Å²) >= 11 is 0. The predicted octanol–water partition coefficient (Wildman–Crippen LogP) is 13.5. The van der Waals surface area contributed by atoms with E-state index in [1.54, 1.807) is 0 Å². The Labute approximate surface area is 304 Å². The van der Waals surface area contributed by atoms with Gasteiger partial charge in [0.05, 0.1) is 5.41 Å². The summed E-state index contributed by atoms with van der Waals surface area (Å²) in [5.41, 5.74) is 15.4. The maximum absolute atomic E-state index is 2.57. The van der Waals surface area contributed by atoms with Crippen molar-refractivity contribution in [1.82, 2.24) is 0 Å². The van der Waals surface area contributed by atoms with Gasteiger partial charge < -0.3 is 0 Å². The molecule has 9 aromatic rings. The first-order valence-electron chi connectivity index (χ1n) is 18.4. The monoisotopic (exact) mass is 660 g/mol. The number of fused-ring (bicyclic) bond motifs is 13. The first-order chi connectivity index (χ1) is 25.6.